The van der Waals surface area contributed by atoms with E-state index in [9.17, 15) is 9.90 Å². The number of rotatable bonds is 3. The average Bonchev–Trinajstić information content (AvgIpc) is 2.11. The van der Waals surface area contributed by atoms with Crippen LogP contribution in [0.25, 0.3) is 0 Å². The quantitative estimate of drug-likeness (QED) is 0.673. The van der Waals surface area contributed by atoms with Crippen LogP contribution in [-0.2, 0) is 4.79 Å². The molecule has 0 amide bonds. The monoisotopic (exact) mass is 180 g/mol. The van der Waals surface area contributed by atoms with Gasteiger partial charge >= 0.3 is 0 Å². The number of aliphatic hydroxyl groups is 1. The van der Waals surface area contributed by atoms with Gasteiger partial charge < -0.3 is 5.11 Å². The molecule has 0 bridgehead atoms. The summed E-state index contributed by atoms with van der Waals surface area (Å²) in [4.78, 5) is 10.9. The van der Waals surface area contributed by atoms with Gasteiger partial charge in [0, 0.05) is 11.8 Å². The minimum Gasteiger partial charge on any atom is -0.392 e. The van der Waals surface area contributed by atoms with E-state index in [2.05, 4.69) is 6.58 Å². The Morgan fingerprint density at radius 2 is 2.54 bits per heavy atom. The summed E-state index contributed by atoms with van der Waals surface area (Å²) < 4.78 is 0. The first-order chi connectivity index (χ1) is 6.08. The Balaban J connectivity index is 2.70. The highest BCUT2D eigenvalue weighted by Gasteiger charge is 2.32. The van der Waals surface area contributed by atoms with Crippen LogP contribution in [0.2, 0.25) is 0 Å². The molecule has 13 heavy (non-hydrogen) atoms. The summed E-state index contributed by atoms with van der Waals surface area (Å²) in [6.45, 7) is 5.57. The highest BCUT2D eigenvalue weighted by Crippen LogP contribution is 2.34. The van der Waals surface area contributed by atoms with Gasteiger partial charge in [0.2, 0.25) is 0 Å². The standard InChI is InChI=1S/C11H16O2/c1-3-4-10(13)11(2)7-5-9(12)6-8-11/h3,5,7,10,13H,1,4,6,8H2,2H3/t10-,11-/m1/s1. The molecule has 0 aliphatic heterocycles. The lowest BCUT2D eigenvalue weighted by Crippen LogP contribution is -2.32. The molecule has 1 rings (SSSR count). The van der Waals surface area contributed by atoms with Crippen LogP contribution >= 0.6 is 0 Å². The maximum absolute atomic E-state index is 10.9. The van der Waals surface area contributed by atoms with E-state index in [4.69, 9.17) is 0 Å². The third-order valence-electron chi connectivity index (χ3n) is 2.71. The van der Waals surface area contributed by atoms with E-state index in [1.807, 2.05) is 13.0 Å². The van der Waals surface area contributed by atoms with Gasteiger partial charge in [0.15, 0.2) is 5.78 Å². The predicted octanol–water partition coefficient (Wildman–Crippen LogP) is 1.85. The van der Waals surface area contributed by atoms with Crippen LogP contribution in [0, 0.1) is 5.41 Å². The topological polar surface area (TPSA) is 37.3 Å². The van der Waals surface area contributed by atoms with Crippen LogP contribution < -0.4 is 0 Å². The molecule has 2 nitrogen and oxygen atoms in total. The molecular weight excluding hydrogens is 164 g/mol. The molecule has 0 saturated heterocycles. The van der Waals surface area contributed by atoms with Gasteiger partial charge in [-0.3, -0.25) is 4.79 Å². The Labute approximate surface area is 79.0 Å². The van der Waals surface area contributed by atoms with E-state index in [-0.39, 0.29) is 11.2 Å². The van der Waals surface area contributed by atoms with Gasteiger partial charge in [-0.1, -0.05) is 19.1 Å². The van der Waals surface area contributed by atoms with E-state index in [0.717, 1.165) is 6.42 Å². The highest BCUT2D eigenvalue weighted by atomic mass is 16.3. The Bertz CT molecular complexity index is 242. The van der Waals surface area contributed by atoms with Gasteiger partial charge in [0.05, 0.1) is 6.10 Å². The number of hydrogen-bond acceptors (Lipinski definition) is 2. The largest absolute Gasteiger partial charge is 0.392 e. The molecule has 0 aromatic rings. The summed E-state index contributed by atoms with van der Waals surface area (Å²) >= 11 is 0. The van der Waals surface area contributed by atoms with Crippen molar-refractivity contribution >= 4 is 5.78 Å². The summed E-state index contributed by atoms with van der Waals surface area (Å²) in [7, 11) is 0. The van der Waals surface area contributed by atoms with E-state index in [1.54, 1.807) is 12.2 Å². The van der Waals surface area contributed by atoms with Crippen LogP contribution in [0.1, 0.15) is 26.2 Å². The summed E-state index contributed by atoms with van der Waals surface area (Å²) in [5.41, 5.74) is -0.248. The Hall–Kier alpha value is -0.890. The SMILES string of the molecule is C=CC[C@@H](O)[C@]1(C)C=CC(=O)CC1. The van der Waals surface area contributed by atoms with Crippen molar-refractivity contribution in [3.63, 3.8) is 0 Å². The Morgan fingerprint density at radius 1 is 1.85 bits per heavy atom. The van der Waals surface area contributed by atoms with Crippen LogP contribution in [0.5, 0.6) is 0 Å². The number of carbonyl (C=O) groups excluding carboxylic acids is 1. The smallest absolute Gasteiger partial charge is 0.155 e. The molecule has 0 radical (unpaired) electrons. The maximum Gasteiger partial charge on any atom is 0.155 e. The van der Waals surface area contributed by atoms with Gasteiger partial charge in [-0.2, -0.15) is 0 Å². The molecule has 0 aromatic carbocycles. The zero-order valence-electron chi connectivity index (χ0n) is 7.99. The number of hydrogen-bond donors (Lipinski definition) is 1. The molecule has 0 aromatic heterocycles. The fourth-order valence-electron chi connectivity index (χ4n) is 1.55. The lowest BCUT2D eigenvalue weighted by molar-refractivity contribution is -0.116. The van der Waals surface area contributed by atoms with Crippen molar-refractivity contribution in [2.45, 2.75) is 32.3 Å². The van der Waals surface area contributed by atoms with E-state index < -0.39 is 6.10 Å². The van der Waals surface area contributed by atoms with E-state index >= 15 is 0 Å². The van der Waals surface area contributed by atoms with Gasteiger partial charge in [0.1, 0.15) is 0 Å². The first kappa shape index (κ1) is 10.2. The number of allylic oxidation sites excluding steroid dienone is 1. The maximum atomic E-state index is 10.9. The number of aliphatic hydroxyl groups excluding tert-OH is 1. The van der Waals surface area contributed by atoms with Gasteiger partial charge in [-0.15, -0.1) is 6.58 Å². The van der Waals surface area contributed by atoms with Crippen molar-refractivity contribution in [2.24, 2.45) is 5.41 Å². The van der Waals surface area contributed by atoms with E-state index in [1.165, 1.54) is 0 Å². The predicted molar refractivity (Wildman–Crippen MR) is 52.3 cm³/mol. The average molecular weight is 180 g/mol. The Kier molecular flexibility index (Phi) is 3.04. The first-order valence-electron chi connectivity index (χ1n) is 4.59. The van der Waals surface area contributed by atoms with Crippen molar-refractivity contribution in [1.82, 2.24) is 0 Å². The summed E-state index contributed by atoms with van der Waals surface area (Å²) in [6, 6.07) is 0. The fraction of sp³-hybridized carbons (Fsp3) is 0.545. The van der Waals surface area contributed by atoms with Crippen molar-refractivity contribution in [1.29, 1.82) is 0 Å². The van der Waals surface area contributed by atoms with Crippen molar-refractivity contribution in [2.75, 3.05) is 0 Å². The molecule has 72 valence electrons. The minimum absolute atomic E-state index is 0.156. The third-order valence-corrected chi connectivity index (χ3v) is 2.71. The van der Waals surface area contributed by atoms with Crippen molar-refractivity contribution in [3.05, 3.63) is 24.8 Å². The highest BCUT2D eigenvalue weighted by molar-refractivity contribution is 5.90. The van der Waals surface area contributed by atoms with Crippen LogP contribution in [0.15, 0.2) is 24.8 Å². The second-order valence-electron chi connectivity index (χ2n) is 3.85. The molecule has 0 heterocycles. The molecule has 0 fully saturated rings. The lowest BCUT2D eigenvalue weighted by atomic mass is 9.75. The molecule has 0 spiro atoms. The molecule has 2 heteroatoms. The van der Waals surface area contributed by atoms with Crippen molar-refractivity contribution in [3.8, 4) is 0 Å². The molecule has 1 aliphatic rings. The Morgan fingerprint density at radius 3 is 3.00 bits per heavy atom. The molecular formula is C11H16O2. The molecule has 1 N–H and O–H groups in total. The van der Waals surface area contributed by atoms with Crippen molar-refractivity contribution < 1.29 is 9.90 Å². The summed E-state index contributed by atoms with van der Waals surface area (Å²) in [6.07, 6.45) is 6.55. The molecule has 0 unspecified atom stereocenters. The zero-order valence-corrected chi connectivity index (χ0v) is 7.99. The number of ketones is 1. The van der Waals surface area contributed by atoms with Crippen LogP contribution in [-0.4, -0.2) is 17.0 Å². The van der Waals surface area contributed by atoms with Gasteiger partial charge in [0.25, 0.3) is 0 Å². The minimum atomic E-state index is -0.422. The van der Waals surface area contributed by atoms with E-state index in [0.29, 0.717) is 12.8 Å². The third kappa shape index (κ3) is 2.28. The normalized spacial score (nSPS) is 30.2. The van der Waals surface area contributed by atoms with Gasteiger partial charge in [-0.25, -0.2) is 0 Å². The fourth-order valence-corrected chi connectivity index (χ4v) is 1.55. The zero-order chi connectivity index (χ0) is 9.90. The molecule has 0 saturated carbocycles. The lowest BCUT2D eigenvalue weighted by Gasteiger charge is -2.33. The molecule has 1 aliphatic carbocycles. The first-order valence-corrected chi connectivity index (χ1v) is 4.59. The summed E-state index contributed by atoms with van der Waals surface area (Å²) in [5, 5.41) is 9.79. The number of carbonyl (C=O) groups is 1. The molecule has 2 atom stereocenters. The summed E-state index contributed by atoms with van der Waals surface area (Å²) in [5.74, 6) is 0.156. The van der Waals surface area contributed by atoms with Crippen LogP contribution in [0.3, 0.4) is 0 Å². The second-order valence-corrected chi connectivity index (χ2v) is 3.85. The second kappa shape index (κ2) is 3.88. The van der Waals surface area contributed by atoms with Gasteiger partial charge in [-0.05, 0) is 18.9 Å². The van der Waals surface area contributed by atoms with Crippen LogP contribution in [0.4, 0.5) is 0 Å².